The van der Waals surface area contributed by atoms with Gasteiger partial charge in [-0.2, -0.15) is 54.0 Å². The molecule has 1 aromatic rings. The van der Waals surface area contributed by atoms with Gasteiger partial charge in [0, 0.05) is 37.3 Å². The van der Waals surface area contributed by atoms with Gasteiger partial charge in [0.2, 0.25) is 5.91 Å². The first-order chi connectivity index (χ1) is 25.6. The summed E-state index contributed by atoms with van der Waals surface area (Å²) in [6.07, 6.45) is -2.60. The molecule has 336 valence electrons. The molecule has 0 radical (unpaired) electrons. The lowest BCUT2D eigenvalue weighted by molar-refractivity contribution is -0.144. The van der Waals surface area contributed by atoms with Crippen LogP contribution >= 0.6 is 54.0 Å². The van der Waals surface area contributed by atoms with Gasteiger partial charge in [0.05, 0.1) is 25.3 Å². The Kier molecular flexibility index (Phi) is 31.4. The highest BCUT2D eigenvalue weighted by Gasteiger charge is 2.35. The highest BCUT2D eigenvalue weighted by molar-refractivity contribution is 7.59. The first kappa shape index (κ1) is 61.0. The molecule has 0 aliphatic rings. The molecule has 0 fully saturated rings. The minimum atomic E-state index is -1.53. The molecule has 0 saturated heterocycles. The molecular weight excluding hydrogens is 859 g/mol. The number of benzene rings is 1. The Morgan fingerprint density at radius 3 is 1.56 bits per heavy atom. The predicted octanol–water partition coefficient (Wildman–Crippen LogP) is 1.35. The summed E-state index contributed by atoms with van der Waals surface area (Å²) in [5.41, 5.74) is 0.182. The van der Waals surface area contributed by atoms with Crippen LogP contribution in [0.1, 0.15) is 83.3 Å². The summed E-state index contributed by atoms with van der Waals surface area (Å²) in [6, 6.07) is 0.375. The molecule has 0 heterocycles. The van der Waals surface area contributed by atoms with E-state index in [-0.39, 0.29) is 86.3 Å². The Labute approximate surface area is 368 Å². The van der Waals surface area contributed by atoms with Crippen molar-refractivity contribution in [2.45, 2.75) is 103 Å². The summed E-state index contributed by atoms with van der Waals surface area (Å²) < 4.78 is 0. The van der Waals surface area contributed by atoms with E-state index in [2.05, 4.69) is 21.3 Å². The second kappa shape index (κ2) is 30.4. The maximum Gasteiger partial charge on any atom is 0.326 e. The third kappa shape index (κ3) is 26.1. The number of rotatable bonds is 25. The lowest BCUT2D eigenvalue weighted by Gasteiger charge is -2.25. The Balaban J connectivity index is -0.00000378. The summed E-state index contributed by atoms with van der Waals surface area (Å²) >= 11 is 0. The highest BCUT2D eigenvalue weighted by atomic mass is 32.1. The van der Waals surface area contributed by atoms with E-state index in [1.54, 1.807) is 45.0 Å². The quantitative estimate of drug-likeness (QED) is 0.0619. The smallest absolute Gasteiger partial charge is 0.326 e. The monoisotopic (exact) mass is 915 g/mol. The molecule has 0 aromatic heterocycles. The molecule has 1 rings (SSSR count). The molecule has 20 nitrogen and oxygen atoms in total. The van der Waals surface area contributed by atoms with E-state index >= 15 is 0 Å². The van der Waals surface area contributed by atoms with Gasteiger partial charge in [0.25, 0.3) is 0 Å². The number of nitrogens with one attached hydrogen (secondary N) is 5. The fraction of sp³-hybridized carbons (Fsp3) is 0.543. The van der Waals surface area contributed by atoms with E-state index in [1.165, 1.54) is 0 Å². The van der Waals surface area contributed by atoms with E-state index < -0.39 is 121 Å². The maximum atomic E-state index is 13.0. The van der Waals surface area contributed by atoms with Crippen LogP contribution in [0.2, 0.25) is 0 Å². The van der Waals surface area contributed by atoms with Gasteiger partial charge in [-0.1, -0.05) is 45.0 Å². The van der Waals surface area contributed by atoms with E-state index in [4.69, 9.17) is 10.2 Å². The SMILES string of the molecule is CC(C)(C)C(=O)[C@H](CC(=O)O)CC(=O)[C@H](CC(=O)O)NC(=O)Cc1ccc(CNC(=O)NCCCC[C@H](NC(=O)N[C@@H](CCC(=O)O)C(=O)O)C(=O)O)cc1.S.S.S.S. The predicted molar refractivity (Wildman–Crippen MR) is 231 cm³/mol. The van der Waals surface area contributed by atoms with Crippen LogP contribution in [0.5, 0.6) is 0 Å². The molecule has 4 atom stereocenters. The zero-order valence-electron chi connectivity index (χ0n) is 32.7. The summed E-state index contributed by atoms with van der Waals surface area (Å²) in [7, 11) is 0. The summed E-state index contributed by atoms with van der Waals surface area (Å²) in [6.45, 7) is 4.94. The van der Waals surface area contributed by atoms with Crippen LogP contribution in [0.15, 0.2) is 24.3 Å². The second-order valence-corrected chi connectivity index (χ2v) is 13.7. The van der Waals surface area contributed by atoms with Crippen molar-refractivity contribution in [3.05, 3.63) is 35.4 Å². The van der Waals surface area contributed by atoms with Crippen LogP contribution in [-0.2, 0) is 51.3 Å². The van der Waals surface area contributed by atoms with Crippen LogP contribution < -0.4 is 26.6 Å². The van der Waals surface area contributed by atoms with Crippen LogP contribution in [0.3, 0.4) is 0 Å². The second-order valence-electron chi connectivity index (χ2n) is 13.7. The Bertz CT molecular complexity index is 1590. The van der Waals surface area contributed by atoms with Crippen molar-refractivity contribution in [2.24, 2.45) is 11.3 Å². The zero-order chi connectivity index (χ0) is 41.9. The van der Waals surface area contributed by atoms with Gasteiger partial charge in [-0.3, -0.25) is 28.8 Å². The van der Waals surface area contributed by atoms with Gasteiger partial charge in [-0.15, -0.1) is 0 Å². The molecular formula is C35H57N5O15S4. The number of hydrogen-bond acceptors (Lipinski definition) is 10. The number of carboxylic acids is 5. The number of unbranched alkanes of at least 4 members (excludes halogenated alkanes) is 1. The van der Waals surface area contributed by atoms with Crippen molar-refractivity contribution < 1.29 is 73.5 Å². The fourth-order valence-electron chi connectivity index (χ4n) is 5.15. The van der Waals surface area contributed by atoms with Crippen LogP contribution in [0.25, 0.3) is 0 Å². The molecule has 0 aliphatic carbocycles. The minimum absolute atomic E-state index is 0. The molecule has 5 amide bonds. The van der Waals surface area contributed by atoms with Gasteiger partial charge in [-0.25, -0.2) is 19.2 Å². The number of hydrogen-bond donors (Lipinski definition) is 10. The van der Waals surface area contributed by atoms with Gasteiger partial charge in [0.1, 0.15) is 17.9 Å². The Hall–Kier alpha value is -4.68. The number of urea groups is 2. The number of amides is 5. The summed E-state index contributed by atoms with van der Waals surface area (Å²) in [5, 5.41) is 57.6. The molecule has 59 heavy (non-hydrogen) atoms. The average Bonchev–Trinajstić information content (AvgIpc) is 3.06. The van der Waals surface area contributed by atoms with Crippen molar-refractivity contribution in [3.63, 3.8) is 0 Å². The van der Waals surface area contributed by atoms with Crippen molar-refractivity contribution >= 4 is 113 Å². The standard InChI is InChI=1S/C35H49N5O15.4H2S/c1-35(2,3)30(49)21(16-28(45)46)15-25(41)24(17-29(47)48)38-26(42)14-19-7-9-20(10-8-19)18-37-33(54)36-13-5-4-6-22(31(50)51)39-34(55)40-23(32(52)53)11-12-27(43)44;;;;/h7-10,21-24H,4-6,11-18H2,1-3H3,(H,38,42)(H,43,44)(H,45,46)(H,47,48)(H,50,51)(H,52,53)(H2,36,37,54)(H2,39,40,55);4*1H2/t21-,22-,23-,24-;;;;/m0..../s1. The number of carbonyl (C=O) groups excluding carboxylic acids is 5. The van der Waals surface area contributed by atoms with Crippen molar-refractivity contribution in [1.29, 1.82) is 0 Å². The first-order valence-corrected chi connectivity index (χ1v) is 17.2. The summed E-state index contributed by atoms with van der Waals surface area (Å²) in [5.74, 6) is -9.97. The molecule has 0 unspecified atom stereocenters. The number of carboxylic acid groups (broad SMARTS) is 5. The lowest BCUT2D eigenvalue weighted by Crippen LogP contribution is -2.51. The molecule has 0 saturated carbocycles. The summed E-state index contributed by atoms with van der Waals surface area (Å²) in [4.78, 5) is 119. The van der Waals surface area contributed by atoms with Crippen molar-refractivity contribution in [1.82, 2.24) is 26.6 Å². The molecule has 0 aliphatic heterocycles. The number of aliphatic carboxylic acids is 5. The number of Topliss-reactive ketones (excluding diaryl/α,β-unsaturated/α-hetero) is 2. The number of ketones is 2. The van der Waals surface area contributed by atoms with Gasteiger partial charge in [-0.05, 0) is 36.8 Å². The van der Waals surface area contributed by atoms with E-state index in [1.807, 2.05) is 5.32 Å². The topological polar surface area (TPSA) is 332 Å². The molecule has 10 N–H and O–H groups in total. The van der Waals surface area contributed by atoms with Crippen molar-refractivity contribution in [3.8, 4) is 0 Å². The lowest BCUT2D eigenvalue weighted by atomic mass is 9.79. The molecule has 24 heteroatoms. The maximum absolute atomic E-state index is 13.0. The Morgan fingerprint density at radius 2 is 1.08 bits per heavy atom. The van der Waals surface area contributed by atoms with E-state index in [0.717, 1.165) is 0 Å². The largest absolute Gasteiger partial charge is 0.481 e. The number of carbonyl (C=O) groups is 10. The molecule has 0 bridgehead atoms. The highest BCUT2D eigenvalue weighted by Crippen LogP contribution is 2.25. The van der Waals surface area contributed by atoms with Crippen molar-refractivity contribution in [2.75, 3.05) is 6.54 Å². The van der Waals surface area contributed by atoms with Gasteiger partial charge < -0.3 is 52.1 Å². The van der Waals surface area contributed by atoms with Crippen LogP contribution in [-0.4, -0.2) is 110 Å². The van der Waals surface area contributed by atoms with Gasteiger partial charge in [0.15, 0.2) is 5.78 Å². The third-order valence-electron chi connectivity index (χ3n) is 7.98. The normalized spacial score (nSPS) is 12.3. The molecule has 1 aromatic carbocycles. The third-order valence-corrected chi connectivity index (χ3v) is 7.98. The minimum Gasteiger partial charge on any atom is -0.481 e. The Morgan fingerprint density at radius 1 is 0.576 bits per heavy atom. The van der Waals surface area contributed by atoms with E-state index in [0.29, 0.717) is 17.5 Å². The molecule has 0 spiro atoms. The van der Waals surface area contributed by atoms with Crippen LogP contribution in [0.4, 0.5) is 9.59 Å². The van der Waals surface area contributed by atoms with Gasteiger partial charge >= 0.3 is 41.9 Å². The first-order valence-electron chi connectivity index (χ1n) is 17.2. The zero-order valence-corrected chi connectivity index (χ0v) is 36.7. The average molecular weight is 916 g/mol. The fourth-order valence-corrected chi connectivity index (χ4v) is 5.15. The van der Waals surface area contributed by atoms with Crippen LogP contribution in [0, 0.1) is 11.3 Å². The van der Waals surface area contributed by atoms with E-state index in [9.17, 15) is 63.3 Å².